The fourth-order valence-corrected chi connectivity index (χ4v) is 5.01. The Morgan fingerprint density at radius 3 is 2.73 bits per heavy atom. The molecule has 0 unspecified atom stereocenters. The number of aryl methyl sites for hydroxylation is 1. The topological polar surface area (TPSA) is 109 Å². The number of aromatic nitrogens is 5. The van der Waals surface area contributed by atoms with E-state index < -0.39 is 5.91 Å². The third kappa shape index (κ3) is 4.27. The molecule has 3 aromatic heterocycles. The van der Waals surface area contributed by atoms with Gasteiger partial charge in [0.2, 0.25) is 5.91 Å². The van der Waals surface area contributed by atoms with E-state index in [2.05, 4.69) is 9.97 Å². The Morgan fingerprint density at radius 1 is 1.15 bits per heavy atom. The van der Waals surface area contributed by atoms with Gasteiger partial charge < -0.3 is 10.5 Å². The molecule has 5 rings (SSSR count). The minimum Gasteiger partial charge on any atom is -0.494 e. The summed E-state index contributed by atoms with van der Waals surface area (Å²) in [5.41, 5.74) is 9.50. The fourth-order valence-electron chi connectivity index (χ4n) is 3.34. The van der Waals surface area contributed by atoms with Gasteiger partial charge in [-0.3, -0.25) is 9.36 Å². The first-order valence-corrected chi connectivity index (χ1v) is 12.1. The van der Waals surface area contributed by atoms with Crippen molar-refractivity contribution in [3.63, 3.8) is 0 Å². The zero-order chi connectivity index (χ0) is 22.9. The van der Waals surface area contributed by atoms with Gasteiger partial charge in [-0.15, -0.1) is 0 Å². The summed E-state index contributed by atoms with van der Waals surface area (Å²) < 4.78 is 8.48. The predicted molar refractivity (Wildman–Crippen MR) is 131 cm³/mol. The summed E-state index contributed by atoms with van der Waals surface area (Å²) in [5.74, 6) is 1.05. The van der Waals surface area contributed by atoms with Gasteiger partial charge in [0.25, 0.3) is 0 Å². The molecule has 0 aliphatic heterocycles. The van der Waals surface area contributed by atoms with Crippen LogP contribution in [0.15, 0.2) is 53.8 Å². The number of rotatable bonds is 7. The maximum atomic E-state index is 11.4. The van der Waals surface area contributed by atoms with Crippen molar-refractivity contribution in [2.75, 3.05) is 12.4 Å². The predicted octanol–water partition coefficient (Wildman–Crippen LogP) is 4.38. The Kier molecular flexibility index (Phi) is 5.69. The molecule has 0 aliphatic carbocycles. The number of carbonyl (C=O) groups is 1. The minimum absolute atomic E-state index is 0.105. The van der Waals surface area contributed by atoms with E-state index in [9.17, 15) is 4.79 Å². The van der Waals surface area contributed by atoms with Crippen LogP contribution in [-0.4, -0.2) is 42.8 Å². The molecule has 0 fully saturated rings. The molecule has 5 aromatic rings. The summed E-state index contributed by atoms with van der Waals surface area (Å²) in [6.45, 7) is 4.59. The Labute approximate surface area is 197 Å². The largest absolute Gasteiger partial charge is 0.494 e. The number of amides is 1. The molecule has 0 aliphatic rings. The first-order chi connectivity index (χ1) is 16.0. The highest BCUT2D eigenvalue weighted by Gasteiger charge is 2.18. The SMILES string of the molecule is CCOc1ccc2nc(-n3cnc4c(SCC(N)=O)nc(-c5ccc(C)cc5)nc43)sc2c1. The second-order valence-electron chi connectivity index (χ2n) is 7.32. The van der Waals surface area contributed by atoms with Gasteiger partial charge in [-0.05, 0) is 32.0 Å². The first-order valence-electron chi connectivity index (χ1n) is 10.3. The number of primary amides is 1. The summed E-state index contributed by atoms with van der Waals surface area (Å²) in [4.78, 5) is 30.2. The molecule has 1 amide bonds. The van der Waals surface area contributed by atoms with Crippen molar-refractivity contribution in [3.8, 4) is 22.3 Å². The Bertz CT molecular complexity index is 1480. The molecule has 8 nitrogen and oxygen atoms in total. The monoisotopic (exact) mass is 476 g/mol. The van der Waals surface area contributed by atoms with Gasteiger partial charge in [0, 0.05) is 5.56 Å². The van der Waals surface area contributed by atoms with E-state index >= 15 is 0 Å². The van der Waals surface area contributed by atoms with Crippen LogP contribution in [0.3, 0.4) is 0 Å². The van der Waals surface area contributed by atoms with Crippen LogP contribution < -0.4 is 10.5 Å². The highest BCUT2D eigenvalue weighted by molar-refractivity contribution is 8.00. The number of nitrogens with zero attached hydrogens (tertiary/aromatic N) is 5. The average molecular weight is 477 g/mol. The maximum absolute atomic E-state index is 11.4. The second kappa shape index (κ2) is 8.80. The van der Waals surface area contributed by atoms with Crippen molar-refractivity contribution in [3.05, 3.63) is 54.4 Å². The summed E-state index contributed by atoms with van der Waals surface area (Å²) in [7, 11) is 0. The van der Waals surface area contributed by atoms with Crippen molar-refractivity contribution in [1.29, 1.82) is 0 Å². The van der Waals surface area contributed by atoms with Crippen LogP contribution >= 0.6 is 23.1 Å². The number of carbonyl (C=O) groups excluding carboxylic acids is 1. The molecule has 3 heterocycles. The van der Waals surface area contributed by atoms with Gasteiger partial charge in [-0.25, -0.2) is 19.9 Å². The first kappa shape index (κ1) is 21.4. The van der Waals surface area contributed by atoms with Crippen LogP contribution in [-0.2, 0) is 4.79 Å². The highest BCUT2D eigenvalue weighted by Crippen LogP contribution is 2.32. The fraction of sp³-hybridized carbons (Fsp3) is 0.174. The molecule has 0 radical (unpaired) electrons. The second-order valence-corrected chi connectivity index (χ2v) is 9.29. The number of nitrogens with two attached hydrogens (primary N) is 1. The molecule has 33 heavy (non-hydrogen) atoms. The molecule has 2 N–H and O–H groups in total. The van der Waals surface area contributed by atoms with Gasteiger partial charge in [0.1, 0.15) is 22.6 Å². The summed E-state index contributed by atoms with van der Waals surface area (Å²) in [6, 6.07) is 13.8. The zero-order valence-electron chi connectivity index (χ0n) is 18.0. The number of benzene rings is 2. The van der Waals surface area contributed by atoms with E-state index in [1.807, 2.05) is 60.9 Å². The van der Waals surface area contributed by atoms with Crippen LogP contribution in [0, 0.1) is 6.92 Å². The van der Waals surface area contributed by atoms with Gasteiger partial charge in [0.15, 0.2) is 16.6 Å². The number of hydrogen-bond donors (Lipinski definition) is 1. The zero-order valence-corrected chi connectivity index (χ0v) is 19.6. The molecule has 166 valence electrons. The molecule has 0 atom stereocenters. The number of ether oxygens (including phenoxy) is 1. The van der Waals surface area contributed by atoms with E-state index in [1.165, 1.54) is 23.1 Å². The van der Waals surface area contributed by atoms with Crippen LogP contribution in [0.2, 0.25) is 0 Å². The van der Waals surface area contributed by atoms with Crippen LogP contribution in [0.25, 0.3) is 37.9 Å². The number of thiazole rings is 1. The molecule has 2 aromatic carbocycles. The maximum Gasteiger partial charge on any atom is 0.227 e. The Hall–Kier alpha value is -3.50. The molecule has 0 spiro atoms. The third-order valence-corrected chi connectivity index (χ3v) is 6.90. The van der Waals surface area contributed by atoms with Gasteiger partial charge in [-0.2, -0.15) is 0 Å². The molecular weight excluding hydrogens is 456 g/mol. The highest BCUT2D eigenvalue weighted by atomic mass is 32.2. The van der Waals surface area contributed by atoms with E-state index in [4.69, 9.17) is 20.4 Å². The summed E-state index contributed by atoms with van der Waals surface area (Å²) >= 11 is 2.78. The standard InChI is InChI=1S/C23H20N6O2S2/c1-3-31-15-8-9-16-17(10-15)33-23(26-16)29-12-25-19-21(29)27-20(14-6-4-13(2)5-7-14)28-22(19)32-11-18(24)30/h4-10,12H,3,11H2,1-2H3,(H2,24,30). The molecule has 10 heteroatoms. The number of imidazole rings is 1. The number of thioether (sulfide) groups is 1. The van der Waals surface area contributed by atoms with Crippen LogP contribution in [0.5, 0.6) is 5.75 Å². The van der Waals surface area contributed by atoms with Crippen LogP contribution in [0.1, 0.15) is 12.5 Å². The summed E-state index contributed by atoms with van der Waals surface area (Å²) in [6.07, 6.45) is 1.69. The van der Waals surface area contributed by atoms with Crippen LogP contribution in [0.4, 0.5) is 0 Å². The molecule has 0 bridgehead atoms. The average Bonchev–Trinajstić information content (AvgIpc) is 3.41. The van der Waals surface area contributed by atoms with E-state index in [0.29, 0.717) is 28.6 Å². The smallest absolute Gasteiger partial charge is 0.227 e. The van der Waals surface area contributed by atoms with Crippen molar-refractivity contribution < 1.29 is 9.53 Å². The van der Waals surface area contributed by atoms with Gasteiger partial charge >= 0.3 is 0 Å². The minimum atomic E-state index is -0.417. The van der Waals surface area contributed by atoms with Gasteiger partial charge in [0.05, 0.1) is 22.6 Å². The van der Waals surface area contributed by atoms with E-state index in [1.54, 1.807) is 6.33 Å². The third-order valence-electron chi connectivity index (χ3n) is 4.89. The lowest BCUT2D eigenvalue weighted by molar-refractivity contribution is -0.115. The molecule has 0 saturated carbocycles. The van der Waals surface area contributed by atoms with Crippen molar-refractivity contribution in [2.24, 2.45) is 5.73 Å². The quantitative estimate of drug-likeness (QED) is 0.274. The van der Waals surface area contributed by atoms with Crippen molar-refractivity contribution in [2.45, 2.75) is 18.9 Å². The lowest BCUT2D eigenvalue weighted by Crippen LogP contribution is -2.13. The number of hydrogen-bond acceptors (Lipinski definition) is 8. The van der Waals surface area contributed by atoms with Crippen molar-refractivity contribution >= 4 is 50.4 Å². The van der Waals surface area contributed by atoms with Gasteiger partial charge in [-0.1, -0.05) is 52.9 Å². The summed E-state index contributed by atoms with van der Waals surface area (Å²) in [5, 5.41) is 1.34. The Morgan fingerprint density at radius 2 is 1.97 bits per heavy atom. The van der Waals surface area contributed by atoms with E-state index in [0.717, 1.165) is 32.2 Å². The molecule has 0 saturated heterocycles. The van der Waals surface area contributed by atoms with E-state index in [-0.39, 0.29) is 5.75 Å². The Balaban J connectivity index is 1.65. The lowest BCUT2D eigenvalue weighted by Gasteiger charge is -2.06. The lowest BCUT2D eigenvalue weighted by atomic mass is 10.1. The number of fused-ring (bicyclic) bond motifs is 2. The normalized spacial score (nSPS) is 11.3. The van der Waals surface area contributed by atoms with Crippen molar-refractivity contribution in [1.82, 2.24) is 24.5 Å². The molecular formula is C23H20N6O2S2.